The SMILES string of the molecule is Cc1c(NC(=O)C2CC23CCNCC3)cnn1C. The Morgan fingerprint density at radius 3 is 2.89 bits per heavy atom. The van der Waals surface area contributed by atoms with Gasteiger partial charge >= 0.3 is 0 Å². The van der Waals surface area contributed by atoms with Gasteiger partial charge in [-0.25, -0.2) is 0 Å². The van der Waals surface area contributed by atoms with Gasteiger partial charge < -0.3 is 10.6 Å². The standard InChI is InChI=1S/C13H20N4O/c1-9-11(8-15-17(9)2)16-12(18)10-7-13(10)3-5-14-6-4-13/h8,10,14H,3-7H2,1-2H3,(H,16,18). The summed E-state index contributed by atoms with van der Waals surface area (Å²) in [6.45, 7) is 4.07. The second-order valence-corrected chi connectivity index (χ2v) is 5.63. The first-order chi connectivity index (χ1) is 8.62. The smallest absolute Gasteiger partial charge is 0.228 e. The van der Waals surface area contributed by atoms with Gasteiger partial charge in [0.05, 0.1) is 17.6 Å². The number of carbonyl (C=O) groups excluding carboxylic acids is 1. The Bertz CT molecular complexity index is 473. The van der Waals surface area contributed by atoms with Crippen LogP contribution in [0.1, 0.15) is 25.0 Å². The van der Waals surface area contributed by atoms with Gasteiger partial charge in [-0.15, -0.1) is 0 Å². The lowest BCUT2D eigenvalue weighted by molar-refractivity contribution is -0.118. The Balaban J connectivity index is 1.65. The van der Waals surface area contributed by atoms with Gasteiger partial charge in [-0.1, -0.05) is 0 Å². The van der Waals surface area contributed by atoms with Crippen molar-refractivity contribution >= 4 is 11.6 Å². The molecule has 5 nitrogen and oxygen atoms in total. The van der Waals surface area contributed by atoms with E-state index in [1.165, 1.54) is 0 Å². The Hall–Kier alpha value is -1.36. The molecule has 1 spiro atoms. The highest BCUT2D eigenvalue weighted by Gasteiger charge is 2.57. The van der Waals surface area contributed by atoms with Crippen molar-refractivity contribution in [1.29, 1.82) is 0 Å². The molecule has 2 heterocycles. The zero-order valence-electron chi connectivity index (χ0n) is 11.0. The second kappa shape index (κ2) is 4.09. The van der Waals surface area contributed by atoms with Crippen LogP contribution < -0.4 is 10.6 Å². The third-order valence-corrected chi connectivity index (χ3v) is 4.60. The first-order valence-corrected chi connectivity index (χ1v) is 6.63. The van der Waals surface area contributed by atoms with E-state index in [4.69, 9.17) is 0 Å². The first-order valence-electron chi connectivity index (χ1n) is 6.63. The van der Waals surface area contributed by atoms with Crippen LogP contribution in [0.2, 0.25) is 0 Å². The maximum absolute atomic E-state index is 12.2. The topological polar surface area (TPSA) is 59.0 Å². The first kappa shape index (κ1) is 11.7. The Kier molecular flexibility index (Phi) is 2.66. The number of hydrogen-bond donors (Lipinski definition) is 2. The van der Waals surface area contributed by atoms with Crippen LogP contribution in [-0.2, 0) is 11.8 Å². The number of rotatable bonds is 2. The number of nitrogens with one attached hydrogen (secondary N) is 2. The summed E-state index contributed by atoms with van der Waals surface area (Å²) in [5.74, 6) is 0.382. The molecule has 1 aliphatic carbocycles. The predicted molar refractivity (Wildman–Crippen MR) is 69.2 cm³/mol. The molecule has 1 aromatic rings. The predicted octanol–water partition coefficient (Wildman–Crippen LogP) is 1.06. The number of amides is 1. The van der Waals surface area contributed by atoms with Crippen LogP contribution in [0.3, 0.4) is 0 Å². The van der Waals surface area contributed by atoms with Crippen LogP contribution in [0, 0.1) is 18.3 Å². The number of hydrogen-bond acceptors (Lipinski definition) is 3. The molecule has 1 saturated carbocycles. The van der Waals surface area contributed by atoms with Crippen LogP contribution in [0.15, 0.2) is 6.20 Å². The molecule has 2 aliphatic rings. The van der Waals surface area contributed by atoms with Crippen LogP contribution in [0.4, 0.5) is 5.69 Å². The molecule has 1 aromatic heterocycles. The van der Waals surface area contributed by atoms with Gasteiger partial charge in [0.25, 0.3) is 0 Å². The van der Waals surface area contributed by atoms with E-state index in [9.17, 15) is 4.79 Å². The van der Waals surface area contributed by atoms with E-state index >= 15 is 0 Å². The van der Waals surface area contributed by atoms with Crippen molar-refractivity contribution in [3.8, 4) is 0 Å². The van der Waals surface area contributed by atoms with E-state index < -0.39 is 0 Å². The molecule has 1 unspecified atom stereocenters. The van der Waals surface area contributed by atoms with Crippen LogP contribution in [0.5, 0.6) is 0 Å². The number of nitrogens with zero attached hydrogens (tertiary/aromatic N) is 2. The number of carbonyl (C=O) groups is 1. The zero-order valence-corrected chi connectivity index (χ0v) is 11.0. The summed E-state index contributed by atoms with van der Waals surface area (Å²) in [5.41, 5.74) is 2.15. The minimum absolute atomic E-state index is 0.174. The van der Waals surface area contributed by atoms with Crippen LogP contribution in [0.25, 0.3) is 0 Å². The highest BCUT2D eigenvalue weighted by atomic mass is 16.2. The number of piperidine rings is 1. The molecule has 0 aromatic carbocycles. The molecule has 1 atom stereocenters. The minimum Gasteiger partial charge on any atom is -0.323 e. The van der Waals surface area contributed by atoms with Gasteiger partial charge in [0.1, 0.15) is 0 Å². The lowest BCUT2D eigenvalue weighted by Gasteiger charge is -2.23. The van der Waals surface area contributed by atoms with E-state index in [2.05, 4.69) is 15.7 Å². The average molecular weight is 248 g/mol. The molecule has 1 amide bonds. The number of aromatic nitrogens is 2. The molecule has 3 rings (SSSR count). The van der Waals surface area contributed by atoms with Crippen molar-refractivity contribution in [2.24, 2.45) is 18.4 Å². The van der Waals surface area contributed by atoms with Gasteiger partial charge in [0, 0.05) is 13.0 Å². The number of aryl methyl sites for hydroxylation is 1. The third-order valence-electron chi connectivity index (χ3n) is 4.60. The zero-order chi connectivity index (χ0) is 12.8. The largest absolute Gasteiger partial charge is 0.323 e. The van der Waals surface area contributed by atoms with Gasteiger partial charge in [-0.05, 0) is 44.7 Å². The maximum Gasteiger partial charge on any atom is 0.228 e. The molecular weight excluding hydrogens is 228 g/mol. The monoisotopic (exact) mass is 248 g/mol. The summed E-state index contributed by atoms with van der Waals surface area (Å²) in [5, 5.41) is 10.5. The molecule has 18 heavy (non-hydrogen) atoms. The Labute approximate surface area is 107 Å². The lowest BCUT2D eigenvalue weighted by Crippen LogP contribution is -2.31. The molecule has 1 saturated heterocycles. The summed E-state index contributed by atoms with van der Waals surface area (Å²) in [7, 11) is 1.89. The van der Waals surface area contributed by atoms with Crippen molar-refractivity contribution in [2.45, 2.75) is 26.2 Å². The Morgan fingerprint density at radius 1 is 1.56 bits per heavy atom. The molecule has 0 bridgehead atoms. The van der Waals surface area contributed by atoms with Gasteiger partial charge in [0.15, 0.2) is 0 Å². The molecule has 5 heteroatoms. The van der Waals surface area contributed by atoms with Crippen LogP contribution in [-0.4, -0.2) is 28.8 Å². The van der Waals surface area contributed by atoms with E-state index in [0.29, 0.717) is 5.41 Å². The minimum atomic E-state index is 0.174. The highest BCUT2D eigenvalue weighted by Crippen LogP contribution is 2.58. The quantitative estimate of drug-likeness (QED) is 0.822. The molecule has 98 valence electrons. The fourth-order valence-electron chi connectivity index (χ4n) is 3.04. The molecular formula is C13H20N4O. The van der Waals surface area contributed by atoms with E-state index in [0.717, 1.165) is 43.7 Å². The fraction of sp³-hybridized carbons (Fsp3) is 0.692. The summed E-state index contributed by atoms with van der Waals surface area (Å²) in [6, 6.07) is 0. The van der Waals surface area contributed by atoms with Crippen LogP contribution >= 0.6 is 0 Å². The summed E-state index contributed by atoms with van der Waals surface area (Å²) >= 11 is 0. The van der Waals surface area contributed by atoms with Gasteiger partial charge in [-0.3, -0.25) is 9.48 Å². The fourth-order valence-corrected chi connectivity index (χ4v) is 3.04. The normalized spacial score (nSPS) is 25.1. The van der Waals surface area contributed by atoms with Crippen molar-refractivity contribution < 1.29 is 4.79 Å². The second-order valence-electron chi connectivity index (χ2n) is 5.63. The van der Waals surface area contributed by atoms with E-state index in [-0.39, 0.29) is 11.8 Å². The van der Waals surface area contributed by atoms with Crippen molar-refractivity contribution in [2.75, 3.05) is 18.4 Å². The Morgan fingerprint density at radius 2 is 2.28 bits per heavy atom. The van der Waals surface area contributed by atoms with Gasteiger partial charge in [0.2, 0.25) is 5.91 Å². The lowest BCUT2D eigenvalue weighted by atomic mass is 9.92. The van der Waals surface area contributed by atoms with Gasteiger partial charge in [-0.2, -0.15) is 5.10 Å². The summed E-state index contributed by atoms with van der Waals surface area (Å²) < 4.78 is 1.78. The summed E-state index contributed by atoms with van der Waals surface area (Å²) in [4.78, 5) is 12.2. The molecule has 0 radical (unpaired) electrons. The molecule has 1 aliphatic heterocycles. The highest BCUT2D eigenvalue weighted by molar-refractivity contribution is 5.95. The maximum atomic E-state index is 12.2. The van der Waals surface area contributed by atoms with Crippen molar-refractivity contribution in [1.82, 2.24) is 15.1 Å². The number of anilines is 1. The average Bonchev–Trinajstić information content (AvgIpc) is 2.98. The third kappa shape index (κ3) is 1.82. The molecule has 2 N–H and O–H groups in total. The molecule has 2 fully saturated rings. The van der Waals surface area contributed by atoms with Crippen molar-refractivity contribution in [3.63, 3.8) is 0 Å². The van der Waals surface area contributed by atoms with E-state index in [1.807, 2.05) is 14.0 Å². The van der Waals surface area contributed by atoms with E-state index in [1.54, 1.807) is 10.9 Å². The summed E-state index contributed by atoms with van der Waals surface area (Å²) in [6.07, 6.45) is 5.05. The van der Waals surface area contributed by atoms with Crippen molar-refractivity contribution in [3.05, 3.63) is 11.9 Å².